The third-order valence-corrected chi connectivity index (χ3v) is 6.21. The summed E-state index contributed by atoms with van der Waals surface area (Å²) in [5.41, 5.74) is 0.435. The van der Waals surface area contributed by atoms with Gasteiger partial charge in [0.25, 0.3) is 5.56 Å². The molecule has 0 radical (unpaired) electrons. The maximum Gasteiger partial charge on any atom is 0.364 e. The average molecular weight is 581 g/mol. The van der Waals surface area contributed by atoms with Crippen LogP contribution in [-0.2, 0) is 11.2 Å². The van der Waals surface area contributed by atoms with Gasteiger partial charge in [0.05, 0.1) is 23.9 Å². The second kappa shape index (κ2) is 11.9. The topological polar surface area (TPSA) is 125 Å². The molecule has 1 N–H and O–H groups in total. The van der Waals surface area contributed by atoms with Crippen LogP contribution < -0.4 is 20.7 Å². The number of carbonyl (C=O) groups excluding carboxylic acids is 1. The van der Waals surface area contributed by atoms with Crippen LogP contribution in [0.25, 0.3) is 5.69 Å². The maximum atomic E-state index is 12.6. The predicted molar refractivity (Wildman–Crippen MR) is 144 cm³/mol. The number of methoxy groups -OCH3 is 1. The van der Waals surface area contributed by atoms with Crippen molar-refractivity contribution in [1.29, 1.82) is 0 Å². The zero-order valence-electron chi connectivity index (χ0n) is 21.0. The summed E-state index contributed by atoms with van der Waals surface area (Å²) in [5.74, 6) is 0.937. The number of aryl methyl sites for hydroxylation is 3. The molecule has 2 heterocycles. The van der Waals surface area contributed by atoms with Crippen LogP contribution in [0.4, 0.5) is 0 Å². The summed E-state index contributed by atoms with van der Waals surface area (Å²) in [4.78, 5) is 43.8. The number of carbonyl (C=O) groups is 1. The SMILES string of the molecule is COc1ccc(Oc2c(C)cc(-n3nc(C(=O)OCCCc4ccccn4)c(=O)[nH]c3=O)cc2C)cc1Br. The smallest absolute Gasteiger partial charge is 0.364 e. The number of aromatic amines is 1. The molecule has 196 valence electrons. The lowest BCUT2D eigenvalue weighted by molar-refractivity contribution is 0.0488. The zero-order chi connectivity index (χ0) is 27.2. The molecular weight excluding hydrogens is 556 g/mol. The molecule has 10 nitrogen and oxygen atoms in total. The highest BCUT2D eigenvalue weighted by Gasteiger charge is 2.19. The fourth-order valence-electron chi connectivity index (χ4n) is 3.78. The van der Waals surface area contributed by atoms with Crippen molar-refractivity contribution in [2.45, 2.75) is 26.7 Å². The number of hydrogen-bond donors (Lipinski definition) is 1. The van der Waals surface area contributed by atoms with Gasteiger partial charge in [-0.05, 0) is 96.2 Å². The van der Waals surface area contributed by atoms with Gasteiger partial charge in [0.1, 0.15) is 17.2 Å². The Morgan fingerprint density at radius 1 is 1.08 bits per heavy atom. The Morgan fingerprint density at radius 3 is 2.50 bits per heavy atom. The fourth-order valence-corrected chi connectivity index (χ4v) is 4.30. The Bertz CT molecular complexity index is 1560. The van der Waals surface area contributed by atoms with Crippen LogP contribution >= 0.6 is 15.9 Å². The number of pyridine rings is 1. The van der Waals surface area contributed by atoms with Crippen molar-refractivity contribution < 1.29 is 19.0 Å². The van der Waals surface area contributed by atoms with E-state index in [1.807, 2.05) is 32.0 Å². The largest absolute Gasteiger partial charge is 0.496 e. The molecule has 0 atom stereocenters. The Balaban J connectivity index is 1.53. The minimum Gasteiger partial charge on any atom is -0.496 e. The van der Waals surface area contributed by atoms with E-state index in [-0.39, 0.29) is 6.61 Å². The Labute approximate surface area is 226 Å². The molecule has 2 aromatic heterocycles. The van der Waals surface area contributed by atoms with Crippen molar-refractivity contribution >= 4 is 21.9 Å². The summed E-state index contributed by atoms with van der Waals surface area (Å²) in [6, 6.07) is 14.3. The number of esters is 1. The van der Waals surface area contributed by atoms with E-state index in [2.05, 4.69) is 31.0 Å². The molecule has 0 aliphatic heterocycles. The third-order valence-electron chi connectivity index (χ3n) is 5.59. The molecule has 2 aromatic carbocycles. The lowest BCUT2D eigenvalue weighted by atomic mass is 10.1. The van der Waals surface area contributed by atoms with Crippen LogP contribution in [-0.4, -0.2) is 39.4 Å². The molecule has 0 unspecified atom stereocenters. The normalized spacial score (nSPS) is 10.7. The van der Waals surface area contributed by atoms with Crippen molar-refractivity contribution in [2.24, 2.45) is 0 Å². The monoisotopic (exact) mass is 580 g/mol. The van der Waals surface area contributed by atoms with Crippen LogP contribution in [0.15, 0.2) is 68.8 Å². The fraction of sp³-hybridized carbons (Fsp3) is 0.222. The number of nitrogens with one attached hydrogen (secondary N) is 1. The molecule has 0 saturated carbocycles. The standard InChI is InChI=1S/C27H25BrN4O6/c1-16-13-19(14-17(2)24(16)38-20-9-10-22(36-3)21(28)15-20)32-27(35)30-25(33)23(31-32)26(34)37-12-6-8-18-7-4-5-11-29-18/h4-5,7,9-11,13-15H,6,8,12H2,1-3H3,(H,30,33,35). The highest BCUT2D eigenvalue weighted by Crippen LogP contribution is 2.34. The van der Waals surface area contributed by atoms with Crippen LogP contribution in [0.3, 0.4) is 0 Å². The summed E-state index contributed by atoms with van der Waals surface area (Å²) in [7, 11) is 1.58. The molecular formula is C27H25BrN4O6. The first kappa shape index (κ1) is 26.8. The lowest BCUT2D eigenvalue weighted by Gasteiger charge is -2.15. The molecule has 0 aliphatic rings. The highest BCUT2D eigenvalue weighted by molar-refractivity contribution is 9.10. The maximum absolute atomic E-state index is 12.6. The first-order valence-electron chi connectivity index (χ1n) is 11.7. The van der Waals surface area contributed by atoms with Crippen molar-refractivity contribution in [2.75, 3.05) is 13.7 Å². The van der Waals surface area contributed by atoms with Crippen LogP contribution in [0.2, 0.25) is 0 Å². The molecule has 4 rings (SSSR count). The second-order valence-electron chi connectivity index (χ2n) is 8.39. The van der Waals surface area contributed by atoms with Gasteiger partial charge < -0.3 is 14.2 Å². The van der Waals surface area contributed by atoms with Crippen molar-refractivity contribution in [1.82, 2.24) is 19.7 Å². The molecule has 11 heteroatoms. The number of halogens is 1. The van der Waals surface area contributed by atoms with Crippen LogP contribution in [0.1, 0.15) is 33.7 Å². The number of ether oxygens (including phenoxy) is 3. The number of rotatable bonds is 9. The zero-order valence-corrected chi connectivity index (χ0v) is 22.6. The predicted octanol–water partition coefficient (Wildman–Crippen LogP) is 4.29. The van der Waals surface area contributed by atoms with Gasteiger partial charge in [-0.15, -0.1) is 0 Å². The van der Waals surface area contributed by atoms with Gasteiger partial charge in [-0.3, -0.25) is 14.8 Å². The first-order valence-corrected chi connectivity index (χ1v) is 12.5. The molecule has 0 aliphatic carbocycles. The number of aromatic nitrogens is 4. The quantitative estimate of drug-likeness (QED) is 0.229. The molecule has 4 aromatic rings. The van der Waals surface area contributed by atoms with E-state index < -0.39 is 22.9 Å². The van der Waals surface area contributed by atoms with Gasteiger partial charge in [-0.2, -0.15) is 9.78 Å². The van der Waals surface area contributed by atoms with E-state index in [1.54, 1.807) is 43.6 Å². The van der Waals surface area contributed by atoms with Crippen molar-refractivity contribution in [3.05, 3.63) is 103 Å². The number of hydrogen-bond acceptors (Lipinski definition) is 8. The minimum absolute atomic E-state index is 0.0708. The van der Waals surface area contributed by atoms with Crippen LogP contribution in [0, 0.1) is 13.8 Å². The third kappa shape index (κ3) is 6.17. The Kier molecular flexibility index (Phi) is 8.37. The minimum atomic E-state index is -0.917. The van der Waals surface area contributed by atoms with E-state index in [9.17, 15) is 14.4 Å². The van der Waals surface area contributed by atoms with Crippen molar-refractivity contribution in [3.63, 3.8) is 0 Å². The first-order chi connectivity index (χ1) is 18.3. The van der Waals surface area contributed by atoms with E-state index in [0.717, 1.165) is 14.8 Å². The van der Waals surface area contributed by atoms with E-state index in [1.165, 1.54) is 0 Å². The molecule has 0 spiro atoms. The molecule has 38 heavy (non-hydrogen) atoms. The van der Waals surface area contributed by atoms with Gasteiger partial charge in [0.15, 0.2) is 0 Å². The van der Waals surface area contributed by atoms with Gasteiger partial charge >= 0.3 is 11.7 Å². The molecule has 0 bridgehead atoms. The van der Waals surface area contributed by atoms with E-state index in [0.29, 0.717) is 46.9 Å². The lowest BCUT2D eigenvalue weighted by Crippen LogP contribution is -2.36. The Hall–Kier alpha value is -4.25. The second-order valence-corrected chi connectivity index (χ2v) is 9.24. The average Bonchev–Trinajstić information content (AvgIpc) is 2.89. The summed E-state index contributed by atoms with van der Waals surface area (Å²) < 4.78 is 18.3. The summed E-state index contributed by atoms with van der Waals surface area (Å²) in [6.45, 7) is 3.71. The number of H-pyrrole nitrogens is 1. The summed E-state index contributed by atoms with van der Waals surface area (Å²) in [6.07, 6.45) is 2.82. The Morgan fingerprint density at radius 2 is 1.84 bits per heavy atom. The van der Waals surface area contributed by atoms with Gasteiger partial charge in [0, 0.05) is 11.9 Å². The van der Waals surface area contributed by atoms with Crippen molar-refractivity contribution in [3.8, 4) is 22.9 Å². The van der Waals surface area contributed by atoms with Crippen LogP contribution in [0.5, 0.6) is 17.2 Å². The molecule has 0 amide bonds. The van der Waals surface area contributed by atoms with E-state index >= 15 is 0 Å². The number of nitrogens with zero attached hydrogens (tertiary/aromatic N) is 3. The summed E-state index contributed by atoms with van der Waals surface area (Å²) >= 11 is 3.44. The highest BCUT2D eigenvalue weighted by atomic mass is 79.9. The molecule has 0 saturated heterocycles. The van der Waals surface area contributed by atoms with Gasteiger partial charge in [0.2, 0.25) is 5.69 Å². The molecule has 0 fully saturated rings. The van der Waals surface area contributed by atoms with Gasteiger partial charge in [-0.25, -0.2) is 9.59 Å². The summed E-state index contributed by atoms with van der Waals surface area (Å²) in [5, 5.41) is 4.02. The van der Waals surface area contributed by atoms with Gasteiger partial charge in [-0.1, -0.05) is 6.07 Å². The van der Waals surface area contributed by atoms with E-state index in [4.69, 9.17) is 14.2 Å². The number of benzene rings is 2.